The van der Waals surface area contributed by atoms with Gasteiger partial charge in [0, 0.05) is 0 Å². The van der Waals surface area contributed by atoms with Gasteiger partial charge in [-0.1, -0.05) is 208 Å². The number of carbonyl (C=O) groups excluding carboxylic acids is 2. The van der Waals surface area contributed by atoms with Crippen molar-refractivity contribution >= 4 is 11.9 Å². The van der Waals surface area contributed by atoms with Gasteiger partial charge in [0.15, 0.2) is 0 Å². The highest BCUT2D eigenvalue weighted by atomic mass is 16.5. The van der Waals surface area contributed by atoms with Crippen molar-refractivity contribution in [3.05, 3.63) is 0 Å². The van der Waals surface area contributed by atoms with E-state index in [0.29, 0.717) is 25.0 Å². The zero-order valence-corrected chi connectivity index (χ0v) is 43.7. The highest BCUT2D eigenvalue weighted by Gasteiger charge is 2.22. The molecule has 1 aliphatic heterocycles. The molecule has 0 spiro atoms. The van der Waals surface area contributed by atoms with Gasteiger partial charge in [0.1, 0.15) is 0 Å². The summed E-state index contributed by atoms with van der Waals surface area (Å²) in [6, 6.07) is 0. The van der Waals surface area contributed by atoms with Crippen LogP contribution in [0, 0.1) is 23.7 Å². The van der Waals surface area contributed by atoms with Crippen LogP contribution >= 0.6 is 0 Å². The summed E-state index contributed by atoms with van der Waals surface area (Å²) in [6.07, 6.45) is 46.0. The van der Waals surface area contributed by atoms with E-state index in [9.17, 15) is 9.59 Å². The first kappa shape index (κ1) is 59.9. The lowest BCUT2D eigenvalue weighted by Crippen LogP contribution is -2.34. The predicted molar refractivity (Wildman–Crippen MR) is 274 cm³/mol. The van der Waals surface area contributed by atoms with Gasteiger partial charge in [0.05, 0.1) is 25.0 Å². The van der Waals surface area contributed by atoms with Gasteiger partial charge in [0.25, 0.3) is 0 Å². The molecule has 0 aromatic rings. The van der Waals surface area contributed by atoms with Crippen LogP contribution in [0.4, 0.5) is 0 Å². The molecule has 3 unspecified atom stereocenters. The maximum atomic E-state index is 13.1. The van der Waals surface area contributed by atoms with Gasteiger partial charge in [0.2, 0.25) is 0 Å². The molecule has 1 heterocycles. The van der Waals surface area contributed by atoms with E-state index in [1.165, 1.54) is 232 Å². The van der Waals surface area contributed by atoms with Gasteiger partial charge in [-0.3, -0.25) is 9.59 Å². The zero-order valence-electron chi connectivity index (χ0n) is 43.7. The van der Waals surface area contributed by atoms with Gasteiger partial charge < -0.3 is 19.3 Å². The Morgan fingerprint density at radius 1 is 0.413 bits per heavy atom. The highest BCUT2D eigenvalue weighted by molar-refractivity contribution is 5.72. The van der Waals surface area contributed by atoms with Gasteiger partial charge in [-0.25, -0.2) is 0 Å². The predicted octanol–water partition coefficient (Wildman–Crippen LogP) is 16.7. The summed E-state index contributed by atoms with van der Waals surface area (Å²) in [4.78, 5) is 31.6. The van der Waals surface area contributed by atoms with Gasteiger partial charge >= 0.3 is 11.9 Å². The second-order valence-electron chi connectivity index (χ2n) is 20.8. The number of nitrogens with zero attached hydrogens (tertiary/aromatic N) is 2. The van der Waals surface area contributed by atoms with Crippen LogP contribution in [-0.2, 0) is 19.1 Å². The molecule has 1 rings (SSSR count). The molecule has 0 aromatic heterocycles. The Morgan fingerprint density at radius 3 is 1.16 bits per heavy atom. The second-order valence-corrected chi connectivity index (χ2v) is 20.8. The Labute approximate surface area is 394 Å². The van der Waals surface area contributed by atoms with E-state index in [4.69, 9.17) is 9.47 Å². The van der Waals surface area contributed by atoms with Crippen molar-refractivity contribution < 1.29 is 19.1 Å². The van der Waals surface area contributed by atoms with Crippen molar-refractivity contribution in [1.82, 2.24) is 9.80 Å². The zero-order chi connectivity index (χ0) is 45.9. The largest absolute Gasteiger partial charge is 0.465 e. The van der Waals surface area contributed by atoms with Crippen LogP contribution in [0.5, 0.6) is 0 Å². The van der Waals surface area contributed by atoms with E-state index in [-0.39, 0.29) is 23.8 Å². The summed E-state index contributed by atoms with van der Waals surface area (Å²) in [7, 11) is 0. The average Bonchev–Trinajstić information content (AvgIpc) is 3.29. The van der Waals surface area contributed by atoms with Crippen molar-refractivity contribution in [3.8, 4) is 0 Å². The molecular weight excluding hydrogens is 777 g/mol. The Bertz CT molecular complexity index is 973. The molecule has 1 saturated heterocycles. The van der Waals surface area contributed by atoms with Crippen LogP contribution in [0.1, 0.15) is 279 Å². The first-order valence-corrected chi connectivity index (χ1v) is 28.6. The monoisotopic (exact) mass is 889 g/mol. The maximum Gasteiger partial charge on any atom is 0.308 e. The van der Waals surface area contributed by atoms with E-state index < -0.39 is 0 Å². The number of hydrogen-bond acceptors (Lipinski definition) is 6. The minimum absolute atomic E-state index is 0.0796. The number of hydrogen-bond donors (Lipinski definition) is 0. The van der Waals surface area contributed by atoms with Gasteiger partial charge in [-0.15, -0.1) is 0 Å². The van der Waals surface area contributed by atoms with E-state index in [1.807, 2.05) is 0 Å². The molecule has 3 atom stereocenters. The molecule has 6 heteroatoms. The Morgan fingerprint density at radius 2 is 0.730 bits per heavy atom. The molecule has 0 saturated carbocycles. The number of piperidine rings is 1. The molecule has 1 aliphatic rings. The first-order chi connectivity index (χ1) is 30.8. The highest BCUT2D eigenvalue weighted by Crippen LogP contribution is 2.23. The third-order valence-corrected chi connectivity index (χ3v) is 14.3. The summed E-state index contributed by atoms with van der Waals surface area (Å²) in [5.41, 5.74) is 0. The summed E-state index contributed by atoms with van der Waals surface area (Å²) in [6.45, 7) is 22.4. The Balaban J connectivity index is 2.30. The minimum atomic E-state index is 0.0796. The normalized spacial score (nSPS) is 15.0. The van der Waals surface area contributed by atoms with Gasteiger partial charge in [-0.05, 0) is 122 Å². The smallest absolute Gasteiger partial charge is 0.308 e. The molecule has 0 radical (unpaired) electrons. The quantitative estimate of drug-likeness (QED) is 0.0448. The first-order valence-electron chi connectivity index (χ1n) is 28.6. The molecular formula is C57H112N2O4. The van der Waals surface area contributed by atoms with E-state index in [1.54, 1.807) is 0 Å². The Hall–Kier alpha value is -1.14. The third kappa shape index (κ3) is 36.6. The SMILES string of the molecule is CCCCCCCC(CCCCC)C(=O)OCC(C)CCCCCCCCN(CCCCCCCC(C)COC(=O)C(CCCCCC)CCCCCC)CCCN1CCCCC1. The molecule has 374 valence electrons. The van der Waals surface area contributed by atoms with Crippen molar-refractivity contribution in [2.24, 2.45) is 23.7 Å². The summed E-state index contributed by atoms with van der Waals surface area (Å²) >= 11 is 0. The fourth-order valence-electron chi connectivity index (χ4n) is 9.81. The fraction of sp³-hybridized carbons (Fsp3) is 0.965. The number of esters is 2. The van der Waals surface area contributed by atoms with Crippen LogP contribution in [0.2, 0.25) is 0 Å². The van der Waals surface area contributed by atoms with Crippen LogP contribution < -0.4 is 0 Å². The molecule has 0 bridgehead atoms. The van der Waals surface area contributed by atoms with Gasteiger partial charge in [-0.2, -0.15) is 0 Å². The van der Waals surface area contributed by atoms with E-state index in [2.05, 4.69) is 51.3 Å². The third-order valence-electron chi connectivity index (χ3n) is 14.3. The molecule has 0 amide bonds. The van der Waals surface area contributed by atoms with Crippen molar-refractivity contribution in [2.45, 2.75) is 279 Å². The molecule has 0 N–H and O–H groups in total. The second kappa shape index (κ2) is 44.7. The standard InChI is InChI=1S/C57H112N2O4/c1-7-11-15-21-32-43-54(40-27-14-10-4)56(60)62-50-52(5)38-28-22-18-19-24-33-44-58(48-37-49-59-46-35-26-36-47-59)45-34-25-20-23-29-39-53(6)51-63-57(61)55(41-30-16-12-8-2)42-31-17-13-9-3/h52-55H,7-51H2,1-6H3. The molecule has 0 aromatic carbocycles. The average molecular weight is 890 g/mol. The number of unbranched alkanes of at least 4 members (excludes halogenated alkanes) is 21. The topological polar surface area (TPSA) is 59.1 Å². The summed E-state index contributed by atoms with van der Waals surface area (Å²) in [5, 5.41) is 0. The number of carbonyl (C=O) groups is 2. The van der Waals surface area contributed by atoms with Crippen molar-refractivity contribution in [3.63, 3.8) is 0 Å². The number of likely N-dealkylation sites (tertiary alicyclic amines) is 1. The Kier molecular flexibility index (Phi) is 42.5. The van der Waals surface area contributed by atoms with Crippen LogP contribution in [0.15, 0.2) is 0 Å². The summed E-state index contributed by atoms with van der Waals surface area (Å²) in [5.74, 6) is 1.30. The van der Waals surface area contributed by atoms with E-state index in [0.717, 1.165) is 44.9 Å². The number of rotatable bonds is 47. The fourth-order valence-corrected chi connectivity index (χ4v) is 9.81. The lowest BCUT2D eigenvalue weighted by Gasteiger charge is -2.28. The van der Waals surface area contributed by atoms with Crippen molar-refractivity contribution in [2.75, 3.05) is 52.5 Å². The molecule has 6 nitrogen and oxygen atoms in total. The van der Waals surface area contributed by atoms with Crippen LogP contribution in [0.3, 0.4) is 0 Å². The van der Waals surface area contributed by atoms with Crippen LogP contribution in [-0.4, -0.2) is 74.2 Å². The lowest BCUT2D eigenvalue weighted by molar-refractivity contribution is -0.151. The molecule has 63 heavy (non-hydrogen) atoms. The van der Waals surface area contributed by atoms with Crippen LogP contribution in [0.25, 0.3) is 0 Å². The van der Waals surface area contributed by atoms with Crippen molar-refractivity contribution in [1.29, 1.82) is 0 Å². The lowest BCUT2D eigenvalue weighted by atomic mass is 9.94. The molecule has 1 fully saturated rings. The maximum absolute atomic E-state index is 13.1. The van der Waals surface area contributed by atoms with E-state index >= 15 is 0 Å². The number of ether oxygens (including phenoxy) is 2. The summed E-state index contributed by atoms with van der Waals surface area (Å²) < 4.78 is 11.8. The minimum Gasteiger partial charge on any atom is -0.465 e. The molecule has 0 aliphatic carbocycles.